The molecule has 0 saturated carbocycles. The quantitative estimate of drug-likeness (QED) is 0.356. The smallest absolute Gasteiger partial charge is 0.191 e. The van der Waals surface area contributed by atoms with E-state index < -0.39 is 0 Å². The van der Waals surface area contributed by atoms with Crippen LogP contribution in [0.25, 0.3) is 0 Å². The maximum absolute atomic E-state index is 5.65. The van der Waals surface area contributed by atoms with Crippen LogP contribution in [0.15, 0.2) is 29.3 Å². The average molecular weight is 435 g/mol. The maximum atomic E-state index is 5.65. The van der Waals surface area contributed by atoms with Gasteiger partial charge in [-0.25, -0.2) is 4.99 Å². The van der Waals surface area contributed by atoms with Crippen molar-refractivity contribution < 1.29 is 9.47 Å². The lowest BCUT2D eigenvalue weighted by molar-refractivity contribution is 0.179. The molecule has 5 nitrogen and oxygen atoms in total. The van der Waals surface area contributed by atoms with Gasteiger partial charge in [0.1, 0.15) is 5.75 Å². The lowest BCUT2D eigenvalue weighted by Crippen LogP contribution is -2.43. The monoisotopic (exact) mass is 435 g/mol. The Hall–Kier alpha value is -1.02. The molecule has 0 aliphatic carbocycles. The molecule has 23 heavy (non-hydrogen) atoms. The molecule has 6 heteroatoms. The number of aliphatic imine (C=N–C) groups is 1. The molecule has 0 aliphatic rings. The van der Waals surface area contributed by atoms with Gasteiger partial charge in [0.15, 0.2) is 5.96 Å². The summed E-state index contributed by atoms with van der Waals surface area (Å²) >= 11 is 0. The predicted molar refractivity (Wildman–Crippen MR) is 107 cm³/mol. The molecular weight excluding hydrogens is 405 g/mol. The molecule has 0 bridgehead atoms. The van der Waals surface area contributed by atoms with Crippen LogP contribution in [0, 0.1) is 0 Å². The third kappa shape index (κ3) is 9.65. The van der Waals surface area contributed by atoms with Crippen LogP contribution >= 0.6 is 24.0 Å². The summed E-state index contributed by atoms with van der Waals surface area (Å²) in [5.41, 5.74) is 1.13. The van der Waals surface area contributed by atoms with Gasteiger partial charge < -0.3 is 20.1 Å². The largest absolute Gasteiger partial charge is 0.494 e. The minimum absolute atomic E-state index is 0. The Labute approximate surface area is 157 Å². The maximum Gasteiger partial charge on any atom is 0.191 e. The molecule has 0 amide bonds. The number of halogens is 1. The molecule has 0 radical (unpaired) electrons. The Morgan fingerprint density at radius 1 is 1.30 bits per heavy atom. The van der Waals surface area contributed by atoms with Crippen molar-refractivity contribution in [2.75, 3.05) is 26.9 Å². The molecule has 1 atom stereocenters. The van der Waals surface area contributed by atoms with Gasteiger partial charge >= 0.3 is 0 Å². The van der Waals surface area contributed by atoms with Crippen molar-refractivity contribution in [3.63, 3.8) is 0 Å². The summed E-state index contributed by atoms with van der Waals surface area (Å²) in [5, 5.41) is 6.56. The topological polar surface area (TPSA) is 54.9 Å². The molecule has 132 valence electrons. The van der Waals surface area contributed by atoms with E-state index in [0.29, 0.717) is 13.2 Å². The zero-order valence-corrected chi connectivity index (χ0v) is 16.9. The number of nitrogens with zero attached hydrogens (tertiary/aromatic N) is 1. The zero-order valence-electron chi connectivity index (χ0n) is 14.6. The molecule has 1 aromatic rings. The van der Waals surface area contributed by atoms with E-state index >= 15 is 0 Å². The lowest BCUT2D eigenvalue weighted by atomic mass is 10.2. The molecule has 0 saturated heterocycles. The highest BCUT2D eigenvalue weighted by Crippen LogP contribution is 2.14. The first-order valence-electron chi connectivity index (χ1n) is 7.95. The van der Waals surface area contributed by atoms with Crippen LogP contribution < -0.4 is 15.4 Å². The van der Waals surface area contributed by atoms with Gasteiger partial charge in [-0.1, -0.05) is 19.1 Å². The van der Waals surface area contributed by atoms with Crippen LogP contribution in [0.1, 0.15) is 32.8 Å². The van der Waals surface area contributed by atoms with E-state index in [-0.39, 0.29) is 30.0 Å². The van der Waals surface area contributed by atoms with Crippen LogP contribution in [0.3, 0.4) is 0 Å². The highest BCUT2D eigenvalue weighted by Gasteiger charge is 2.04. The Balaban J connectivity index is 0.00000484. The van der Waals surface area contributed by atoms with Gasteiger partial charge in [-0.2, -0.15) is 0 Å². The van der Waals surface area contributed by atoms with Gasteiger partial charge in [0.2, 0.25) is 0 Å². The Kier molecular flexibility index (Phi) is 12.8. The van der Waals surface area contributed by atoms with Crippen LogP contribution in [-0.2, 0) is 11.3 Å². The minimum Gasteiger partial charge on any atom is -0.494 e. The molecule has 1 rings (SSSR count). The van der Waals surface area contributed by atoms with Gasteiger partial charge in [0.25, 0.3) is 0 Å². The minimum atomic E-state index is 0. The lowest BCUT2D eigenvalue weighted by Gasteiger charge is -2.17. The van der Waals surface area contributed by atoms with E-state index in [0.717, 1.165) is 36.8 Å². The third-order valence-corrected chi connectivity index (χ3v) is 2.94. The number of hydrogen-bond donors (Lipinski definition) is 2. The van der Waals surface area contributed by atoms with E-state index in [4.69, 9.17) is 9.47 Å². The molecule has 0 spiro atoms. The summed E-state index contributed by atoms with van der Waals surface area (Å²) in [7, 11) is 1.70. The number of guanidine groups is 1. The first-order valence-corrected chi connectivity index (χ1v) is 7.95. The number of rotatable bonds is 9. The molecule has 1 aromatic carbocycles. The summed E-state index contributed by atoms with van der Waals surface area (Å²) in [5.74, 6) is 1.70. The van der Waals surface area contributed by atoms with Crippen LogP contribution in [0.5, 0.6) is 5.75 Å². The second-order valence-corrected chi connectivity index (χ2v) is 5.19. The highest BCUT2D eigenvalue weighted by atomic mass is 127. The van der Waals surface area contributed by atoms with Gasteiger partial charge in [0.05, 0.1) is 19.8 Å². The summed E-state index contributed by atoms with van der Waals surface area (Å²) in [6, 6.07) is 8.30. The van der Waals surface area contributed by atoms with Crippen molar-refractivity contribution in [2.45, 2.75) is 39.8 Å². The number of benzene rings is 1. The first-order chi connectivity index (χ1) is 10.7. The fourth-order valence-corrected chi connectivity index (χ4v) is 1.97. The Morgan fingerprint density at radius 2 is 2.09 bits per heavy atom. The van der Waals surface area contributed by atoms with Crippen LogP contribution in [-0.4, -0.2) is 38.9 Å². The number of nitrogens with one attached hydrogen (secondary N) is 2. The normalized spacial score (nSPS) is 12.3. The average Bonchev–Trinajstić information content (AvgIpc) is 2.51. The van der Waals surface area contributed by atoms with Crippen molar-refractivity contribution in [1.29, 1.82) is 0 Å². The Morgan fingerprint density at radius 3 is 2.74 bits per heavy atom. The fourth-order valence-electron chi connectivity index (χ4n) is 1.97. The molecule has 0 aromatic heterocycles. The second-order valence-electron chi connectivity index (χ2n) is 5.19. The fraction of sp³-hybridized carbons (Fsp3) is 0.588. The molecule has 0 aliphatic heterocycles. The molecule has 0 fully saturated rings. The van der Waals surface area contributed by atoms with Gasteiger partial charge in [0, 0.05) is 19.7 Å². The second kappa shape index (κ2) is 13.4. The van der Waals surface area contributed by atoms with E-state index in [9.17, 15) is 0 Å². The van der Waals surface area contributed by atoms with Crippen molar-refractivity contribution in [3.05, 3.63) is 29.8 Å². The van der Waals surface area contributed by atoms with E-state index in [1.165, 1.54) is 0 Å². The van der Waals surface area contributed by atoms with Crippen LogP contribution in [0.4, 0.5) is 0 Å². The van der Waals surface area contributed by atoms with Gasteiger partial charge in [-0.05, 0) is 38.0 Å². The number of hydrogen-bond acceptors (Lipinski definition) is 3. The first kappa shape index (κ1) is 22.0. The third-order valence-electron chi connectivity index (χ3n) is 2.94. The van der Waals surface area contributed by atoms with Crippen molar-refractivity contribution in [3.8, 4) is 5.75 Å². The molecular formula is C17H30IN3O2. The summed E-state index contributed by atoms with van der Waals surface area (Å²) in [6.45, 7) is 9.04. The summed E-state index contributed by atoms with van der Waals surface area (Å²) in [4.78, 5) is 4.61. The SMILES string of the molecule is CCCOc1cccc(CN=C(NCC)NC(C)COC)c1.I. The molecule has 2 N–H and O–H groups in total. The summed E-state index contributed by atoms with van der Waals surface area (Å²) in [6.07, 6.45) is 1.01. The predicted octanol–water partition coefficient (Wildman–Crippen LogP) is 3.18. The summed E-state index contributed by atoms with van der Waals surface area (Å²) < 4.78 is 10.8. The van der Waals surface area contributed by atoms with Gasteiger partial charge in [-0.15, -0.1) is 24.0 Å². The zero-order chi connectivity index (χ0) is 16.2. The molecule has 0 heterocycles. The van der Waals surface area contributed by atoms with E-state index in [2.05, 4.69) is 42.5 Å². The standard InChI is InChI=1S/C17H29N3O2.HI/c1-5-10-22-16-9-7-8-15(11-16)12-19-17(18-6-2)20-14(3)13-21-4;/h7-9,11,14H,5-6,10,12-13H2,1-4H3,(H2,18,19,20);1H. The van der Waals surface area contributed by atoms with E-state index in [1.54, 1.807) is 7.11 Å². The van der Waals surface area contributed by atoms with Crippen molar-refractivity contribution in [2.24, 2.45) is 4.99 Å². The number of methoxy groups -OCH3 is 1. The van der Waals surface area contributed by atoms with E-state index in [1.807, 2.05) is 18.2 Å². The van der Waals surface area contributed by atoms with Crippen molar-refractivity contribution in [1.82, 2.24) is 10.6 Å². The number of ether oxygens (including phenoxy) is 2. The highest BCUT2D eigenvalue weighted by molar-refractivity contribution is 14.0. The molecule has 1 unspecified atom stereocenters. The van der Waals surface area contributed by atoms with Gasteiger partial charge in [-0.3, -0.25) is 0 Å². The Bertz CT molecular complexity index is 455. The van der Waals surface area contributed by atoms with Crippen LogP contribution in [0.2, 0.25) is 0 Å². The van der Waals surface area contributed by atoms with Crippen molar-refractivity contribution >= 4 is 29.9 Å².